The van der Waals surface area contributed by atoms with Crippen molar-refractivity contribution in [1.29, 1.82) is 0 Å². The summed E-state index contributed by atoms with van der Waals surface area (Å²) in [6.07, 6.45) is 1.46. The van der Waals surface area contributed by atoms with Gasteiger partial charge in [-0.25, -0.2) is 12.8 Å². The van der Waals surface area contributed by atoms with Gasteiger partial charge in [-0.1, -0.05) is 11.6 Å². The summed E-state index contributed by atoms with van der Waals surface area (Å²) in [4.78, 5) is 17.9. The fourth-order valence-corrected chi connectivity index (χ4v) is 7.10. The average molecular weight is 494 g/mol. The van der Waals surface area contributed by atoms with Gasteiger partial charge in [0.1, 0.15) is 10.0 Å². The number of carbonyl (C=O) groups is 1. The summed E-state index contributed by atoms with van der Waals surface area (Å²) in [6, 6.07) is 11.0. The van der Waals surface area contributed by atoms with Gasteiger partial charge in [-0.2, -0.15) is 4.31 Å². The Bertz CT molecular complexity index is 1290. The fourth-order valence-electron chi connectivity index (χ4n) is 3.82. The molecule has 1 aromatic carbocycles. The number of nitrogens with zero attached hydrogens (tertiary/aromatic N) is 2. The minimum Gasteiger partial charge on any atom is -0.351 e. The first-order valence-corrected chi connectivity index (χ1v) is 12.5. The van der Waals surface area contributed by atoms with E-state index in [0.29, 0.717) is 16.1 Å². The summed E-state index contributed by atoms with van der Waals surface area (Å²) >= 11 is 7.16. The summed E-state index contributed by atoms with van der Waals surface area (Å²) in [5.41, 5.74) is 0.325. The molecule has 4 rings (SSSR count). The number of aryl methyl sites for hydroxylation is 2. The van der Waals surface area contributed by atoms with Gasteiger partial charge in [0.25, 0.3) is 15.9 Å². The fraction of sp³-hybridized carbons (Fsp3) is 0.273. The number of aromatic nitrogens is 1. The predicted octanol–water partition coefficient (Wildman–Crippen LogP) is 3.92. The Morgan fingerprint density at radius 3 is 2.62 bits per heavy atom. The van der Waals surface area contributed by atoms with E-state index >= 15 is 0 Å². The molecule has 6 nitrogen and oxygen atoms in total. The molecule has 10 heteroatoms. The van der Waals surface area contributed by atoms with Crippen LogP contribution in [0.5, 0.6) is 0 Å². The van der Waals surface area contributed by atoms with Crippen LogP contribution in [0.25, 0.3) is 0 Å². The number of amides is 1. The third-order valence-electron chi connectivity index (χ3n) is 5.55. The first-order chi connectivity index (χ1) is 15.1. The van der Waals surface area contributed by atoms with Gasteiger partial charge >= 0.3 is 0 Å². The monoisotopic (exact) mass is 493 g/mol. The van der Waals surface area contributed by atoms with Gasteiger partial charge in [0.05, 0.1) is 11.1 Å². The van der Waals surface area contributed by atoms with Crippen LogP contribution in [0.2, 0.25) is 5.02 Å². The highest BCUT2D eigenvalue weighted by Crippen LogP contribution is 2.39. The van der Waals surface area contributed by atoms with Crippen molar-refractivity contribution in [2.24, 2.45) is 0 Å². The number of carbonyl (C=O) groups excluding carboxylic acids is 1. The topological polar surface area (TPSA) is 79.4 Å². The van der Waals surface area contributed by atoms with Crippen molar-refractivity contribution < 1.29 is 17.6 Å². The minimum atomic E-state index is -3.70. The Kier molecular flexibility index (Phi) is 6.10. The molecule has 0 unspecified atom stereocenters. The van der Waals surface area contributed by atoms with Crippen molar-refractivity contribution >= 4 is 38.9 Å². The van der Waals surface area contributed by atoms with Crippen LogP contribution in [0, 0.1) is 19.7 Å². The van der Waals surface area contributed by atoms with Gasteiger partial charge in [-0.3, -0.25) is 9.78 Å². The Hall–Kier alpha value is -2.33. The highest BCUT2D eigenvalue weighted by Gasteiger charge is 2.52. The molecule has 3 aromatic rings. The maximum absolute atomic E-state index is 14.7. The van der Waals surface area contributed by atoms with E-state index in [1.54, 1.807) is 37.3 Å². The SMILES string of the molecule is Cc1ccc(S(=O)(=O)N2CC(CNC(=O)c3ccc(Cl)cc3C)(c3ncccc3F)C2)s1. The lowest BCUT2D eigenvalue weighted by Crippen LogP contribution is -2.65. The molecule has 1 aliphatic heterocycles. The van der Waals surface area contributed by atoms with Crippen LogP contribution in [0.4, 0.5) is 4.39 Å². The lowest BCUT2D eigenvalue weighted by molar-refractivity contribution is 0.0894. The number of nitrogens with one attached hydrogen (secondary N) is 1. The molecule has 0 saturated carbocycles. The second-order valence-corrected chi connectivity index (χ2v) is 11.8. The lowest BCUT2D eigenvalue weighted by atomic mass is 9.77. The van der Waals surface area contributed by atoms with Gasteiger partial charge in [0.15, 0.2) is 0 Å². The standard InChI is InChI=1S/C22H21ClFN3O3S2/c1-14-10-16(23)6-7-17(14)21(28)26-11-22(20-18(24)4-3-9-25-20)12-27(13-22)32(29,30)19-8-5-15(2)31-19/h3-10H,11-13H2,1-2H3,(H,26,28). The molecule has 1 amide bonds. The number of sulfonamides is 1. The second kappa shape index (κ2) is 8.55. The van der Waals surface area contributed by atoms with Crippen LogP contribution in [0.1, 0.15) is 26.5 Å². The van der Waals surface area contributed by atoms with E-state index in [0.717, 1.165) is 4.88 Å². The van der Waals surface area contributed by atoms with E-state index in [4.69, 9.17) is 11.6 Å². The molecule has 168 valence electrons. The number of rotatable bonds is 6. The summed E-state index contributed by atoms with van der Waals surface area (Å²) in [6.45, 7) is 3.68. The number of hydrogen-bond donors (Lipinski definition) is 1. The van der Waals surface area contributed by atoms with Crippen LogP contribution in [-0.4, -0.2) is 43.2 Å². The second-order valence-electron chi connectivity index (χ2n) is 7.89. The van der Waals surface area contributed by atoms with E-state index in [9.17, 15) is 17.6 Å². The average Bonchev–Trinajstić information content (AvgIpc) is 3.15. The van der Waals surface area contributed by atoms with E-state index in [1.807, 2.05) is 6.92 Å². The molecule has 0 bridgehead atoms. The summed E-state index contributed by atoms with van der Waals surface area (Å²) < 4.78 is 42.2. The highest BCUT2D eigenvalue weighted by atomic mass is 35.5. The third-order valence-corrected chi connectivity index (χ3v) is 9.04. The van der Waals surface area contributed by atoms with Crippen molar-refractivity contribution in [3.63, 3.8) is 0 Å². The molecule has 1 fully saturated rings. The molecule has 1 N–H and O–H groups in total. The summed E-state index contributed by atoms with van der Waals surface area (Å²) in [7, 11) is -3.70. The lowest BCUT2D eigenvalue weighted by Gasteiger charge is -2.48. The smallest absolute Gasteiger partial charge is 0.252 e. The third kappa shape index (κ3) is 4.17. The zero-order chi connectivity index (χ0) is 23.1. The molecule has 0 radical (unpaired) electrons. The van der Waals surface area contributed by atoms with Crippen LogP contribution >= 0.6 is 22.9 Å². The minimum absolute atomic E-state index is 0.0140. The molecular weight excluding hydrogens is 473 g/mol. The first kappa shape index (κ1) is 22.8. The van der Waals surface area contributed by atoms with Crippen molar-refractivity contribution in [3.8, 4) is 0 Å². The number of pyridine rings is 1. The Balaban J connectivity index is 1.59. The molecule has 0 spiro atoms. The molecule has 0 aliphatic carbocycles. The number of benzene rings is 1. The molecule has 1 aliphatic rings. The van der Waals surface area contributed by atoms with E-state index in [1.165, 1.54) is 34.0 Å². The van der Waals surface area contributed by atoms with E-state index in [2.05, 4.69) is 10.3 Å². The van der Waals surface area contributed by atoms with E-state index < -0.39 is 21.3 Å². The zero-order valence-corrected chi connectivity index (χ0v) is 19.8. The van der Waals surface area contributed by atoms with Gasteiger partial charge in [-0.15, -0.1) is 11.3 Å². The van der Waals surface area contributed by atoms with Crippen LogP contribution < -0.4 is 5.32 Å². The van der Waals surface area contributed by atoms with Crippen molar-refractivity contribution in [2.45, 2.75) is 23.5 Å². The molecule has 3 heterocycles. The van der Waals surface area contributed by atoms with Gasteiger partial charge in [0, 0.05) is 41.3 Å². The molecular formula is C22H21ClFN3O3S2. The van der Waals surface area contributed by atoms with Crippen molar-refractivity contribution in [1.82, 2.24) is 14.6 Å². The Labute approximate surface area is 195 Å². The molecule has 2 aromatic heterocycles. The molecule has 0 atom stereocenters. The number of thiophene rings is 1. The van der Waals surface area contributed by atoms with Gasteiger partial charge in [0.2, 0.25) is 0 Å². The predicted molar refractivity (Wildman–Crippen MR) is 122 cm³/mol. The maximum Gasteiger partial charge on any atom is 0.252 e. The quantitative estimate of drug-likeness (QED) is 0.564. The number of halogens is 2. The van der Waals surface area contributed by atoms with Crippen molar-refractivity contribution in [2.75, 3.05) is 19.6 Å². The van der Waals surface area contributed by atoms with E-state index in [-0.39, 0.29) is 35.4 Å². The van der Waals surface area contributed by atoms with Crippen LogP contribution in [-0.2, 0) is 15.4 Å². The Morgan fingerprint density at radius 1 is 1.25 bits per heavy atom. The normalized spacial score (nSPS) is 15.9. The summed E-state index contributed by atoms with van der Waals surface area (Å²) in [5, 5.41) is 3.36. The van der Waals surface area contributed by atoms with Crippen LogP contribution in [0.15, 0.2) is 52.9 Å². The highest BCUT2D eigenvalue weighted by molar-refractivity contribution is 7.91. The van der Waals surface area contributed by atoms with Gasteiger partial charge < -0.3 is 5.32 Å². The Morgan fingerprint density at radius 2 is 2.00 bits per heavy atom. The summed E-state index contributed by atoms with van der Waals surface area (Å²) in [5.74, 6) is -0.876. The zero-order valence-electron chi connectivity index (χ0n) is 17.4. The maximum atomic E-state index is 14.7. The molecule has 1 saturated heterocycles. The molecule has 32 heavy (non-hydrogen) atoms. The van der Waals surface area contributed by atoms with Gasteiger partial charge in [-0.05, 0) is 61.9 Å². The largest absolute Gasteiger partial charge is 0.351 e. The van der Waals surface area contributed by atoms with Crippen LogP contribution in [0.3, 0.4) is 0 Å². The first-order valence-electron chi connectivity index (χ1n) is 9.84. The van der Waals surface area contributed by atoms with Crippen molar-refractivity contribution in [3.05, 3.63) is 81.2 Å². The number of hydrogen-bond acceptors (Lipinski definition) is 5.